The van der Waals surface area contributed by atoms with Gasteiger partial charge in [0.1, 0.15) is 22.4 Å². The van der Waals surface area contributed by atoms with E-state index in [1.165, 1.54) is 14.2 Å². The largest absolute Gasteiger partial charge is 0.493 e. The lowest BCUT2D eigenvalue weighted by molar-refractivity contribution is -0.117. The molecule has 1 heterocycles. The highest BCUT2D eigenvalue weighted by atomic mass is 32.2. The van der Waals surface area contributed by atoms with E-state index in [4.69, 9.17) is 14.2 Å². The normalized spacial score (nSPS) is 12.0. The Kier molecular flexibility index (Phi) is 9.24. The molecule has 0 spiro atoms. The third-order valence-corrected chi connectivity index (χ3v) is 7.73. The number of methoxy groups -OCH3 is 2. The Labute approximate surface area is 218 Å². The summed E-state index contributed by atoms with van der Waals surface area (Å²) in [5.41, 5.74) is 1.25. The Morgan fingerprint density at radius 3 is 2.30 bits per heavy atom. The standard InChI is InChI=1S/C25H27FN2O7S2/c1-5-19(28-37(31,32)17-10-8-16(26)9-11-17)23(29)27-24-22(25(30)35-6-2)18(14-36-24)15-7-12-20(33-3)21(13-15)34-4/h7-14,19,28H,5-6H2,1-4H3,(H,27,29). The first-order chi connectivity index (χ1) is 17.6. The Balaban J connectivity index is 1.92. The average molecular weight is 551 g/mol. The molecule has 2 N–H and O–H groups in total. The quantitative estimate of drug-likeness (QED) is 0.339. The summed E-state index contributed by atoms with van der Waals surface area (Å²) in [7, 11) is -1.11. The molecule has 9 nitrogen and oxygen atoms in total. The van der Waals surface area contributed by atoms with Crippen molar-refractivity contribution in [1.82, 2.24) is 4.72 Å². The van der Waals surface area contributed by atoms with Crippen molar-refractivity contribution >= 4 is 38.2 Å². The fraction of sp³-hybridized carbons (Fsp3) is 0.280. The second-order valence-corrected chi connectivity index (χ2v) is 10.3. The molecule has 0 aliphatic heterocycles. The molecular weight excluding hydrogens is 523 g/mol. The average Bonchev–Trinajstić information content (AvgIpc) is 3.30. The van der Waals surface area contributed by atoms with E-state index >= 15 is 0 Å². The first-order valence-corrected chi connectivity index (χ1v) is 13.6. The van der Waals surface area contributed by atoms with E-state index < -0.39 is 33.8 Å². The van der Waals surface area contributed by atoms with Crippen molar-refractivity contribution in [2.24, 2.45) is 0 Å². The second kappa shape index (κ2) is 12.2. The van der Waals surface area contributed by atoms with E-state index in [-0.39, 0.29) is 28.5 Å². The first kappa shape index (κ1) is 28.1. The maximum atomic E-state index is 13.2. The number of nitrogens with one attached hydrogen (secondary N) is 2. The number of carbonyl (C=O) groups is 2. The number of esters is 1. The summed E-state index contributed by atoms with van der Waals surface area (Å²) in [6.45, 7) is 3.41. The van der Waals surface area contributed by atoms with Gasteiger partial charge in [-0.3, -0.25) is 4.79 Å². The van der Waals surface area contributed by atoms with Gasteiger partial charge in [-0.05, 0) is 55.3 Å². The van der Waals surface area contributed by atoms with Crippen LogP contribution in [-0.4, -0.2) is 47.2 Å². The molecule has 0 saturated carbocycles. The molecule has 3 aromatic rings. The van der Waals surface area contributed by atoms with Gasteiger partial charge < -0.3 is 19.5 Å². The smallest absolute Gasteiger partial charge is 0.341 e. The molecule has 2 aromatic carbocycles. The van der Waals surface area contributed by atoms with Crippen LogP contribution < -0.4 is 19.5 Å². The number of thiophene rings is 1. The van der Waals surface area contributed by atoms with Crippen molar-refractivity contribution in [3.63, 3.8) is 0 Å². The van der Waals surface area contributed by atoms with Crippen LogP contribution in [0.5, 0.6) is 11.5 Å². The lowest BCUT2D eigenvalue weighted by Gasteiger charge is -2.17. The Morgan fingerprint density at radius 1 is 1.03 bits per heavy atom. The predicted molar refractivity (Wildman–Crippen MR) is 138 cm³/mol. The molecule has 1 amide bonds. The maximum Gasteiger partial charge on any atom is 0.341 e. The number of rotatable bonds is 11. The highest BCUT2D eigenvalue weighted by Crippen LogP contribution is 2.39. The number of carbonyl (C=O) groups excluding carboxylic acids is 2. The molecule has 12 heteroatoms. The van der Waals surface area contributed by atoms with E-state index in [9.17, 15) is 22.4 Å². The van der Waals surface area contributed by atoms with Gasteiger partial charge in [-0.25, -0.2) is 17.6 Å². The number of benzene rings is 2. The zero-order valence-corrected chi connectivity index (χ0v) is 22.3. The molecule has 1 unspecified atom stereocenters. The van der Waals surface area contributed by atoms with Gasteiger partial charge >= 0.3 is 5.97 Å². The van der Waals surface area contributed by atoms with E-state index in [1.54, 1.807) is 37.4 Å². The summed E-state index contributed by atoms with van der Waals surface area (Å²) >= 11 is 1.10. The van der Waals surface area contributed by atoms with Gasteiger partial charge in [-0.15, -0.1) is 11.3 Å². The summed E-state index contributed by atoms with van der Waals surface area (Å²) < 4.78 is 56.8. The lowest BCUT2D eigenvalue weighted by Crippen LogP contribution is -2.43. The van der Waals surface area contributed by atoms with E-state index in [1.807, 2.05) is 0 Å². The van der Waals surface area contributed by atoms with Crippen LogP contribution >= 0.6 is 11.3 Å². The molecule has 37 heavy (non-hydrogen) atoms. The number of hydrogen-bond acceptors (Lipinski definition) is 8. The lowest BCUT2D eigenvalue weighted by atomic mass is 10.0. The van der Waals surface area contributed by atoms with Gasteiger partial charge in [-0.2, -0.15) is 4.72 Å². The van der Waals surface area contributed by atoms with Gasteiger partial charge in [0.2, 0.25) is 15.9 Å². The highest BCUT2D eigenvalue weighted by Gasteiger charge is 2.28. The zero-order valence-electron chi connectivity index (χ0n) is 20.7. The zero-order chi connectivity index (χ0) is 27.2. The summed E-state index contributed by atoms with van der Waals surface area (Å²) in [6.07, 6.45) is 0.120. The number of ether oxygens (including phenoxy) is 3. The molecule has 0 saturated heterocycles. The topological polar surface area (TPSA) is 120 Å². The molecule has 1 aromatic heterocycles. The summed E-state index contributed by atoms with van der Waals surface area (Å²) in [4.78, 5) is 25.8. The Hall–Kier alpha value is -3.48. The van der Waals surface area contributed by atoms with Gasteiger partial charge in [0.25, 0.3) is 0 Å². The molecule has 0 radical (unpaired) electrons. The van der Waals surface area contributed by atoms with Gasteiger partial charge in [0.05, 0.1) is 25.7 Å². The minimum absolute atomic E-state index is 0.114. The van der Waals surface area contributed by atoms with Gasteiger partial charge in [0, 0.05) is 10.9 Å². The summed E-state index contributed by atoms with van der Waals surface area (Å²) in [5, 5.41) is 4.55. The van der Waals surface area contributed by atoms with Gasteiger partial charge in [0.15, 0.2) is 11.5 Å². The Bertz CT molecular complexity index is 1370. The molecule has 3 rings (SSSR count). The Morgan fingerprint density at radius 2 is 1.70 bits per heavy atom. The minimum Gasteiger partial charge on any atom is -0.493 e. The van der Waals surface area contributed by atoms with Crippen LogP contribution in [0.1, 0.15) is 30.6 Å². The number of sulfonamides is 1. The third-order valence-electron chi connectivity index (χ3n) is 5.35. The van der Waals surface area contributed by atoms with Crippen molar-refractivity contribution in [1.29, 1.82) is 0 Å². The van der Waals surface area contributed by atoms with E-state index in [2.05, 4.69) is 10.0 Å². The first-order valence-electron chi connectivity index (χ1n) is 11.2. The summed E-state index contributed by atoms with van der Waals surface area (Å²) in [6, 6.07) is 8.22. The predicted octanol–water partition coefficient (Wildman–Crippen LogP) is 4.44. The van der Waals surface area contributed by atoms with E-state index in [0.717, 1.165) is 35.6 Å². The molecule has 0 fully saturated rings. The number of halogens is 1. The molecular formula is C25H27FN2O7S2. The molecule has 0 bridgehead atoms. The second-order valence-electron chi connectivity index (χ2n) is 7.67. The highest BCUT2D eigenvalue weighted by molar-refractivity contribution is 7.89. The maximum absolute atomic E-state index is 13.2. The van der Waals surface area contributed by atoms with Crippen LogP contribution in [0.15, 0.2) is 52.7 Å². The van der Waals surface area contributed by atoms with E-state index in [0.29, 0.717) is 22.6 Å². The van der Waals surface area contributed by atoms with Crippen LogP contribution in [0.2, 0.25) is 0 Å². The number of anilines is 1. The van der Waals surface area contributed by atoms with Crippen LogP contribution in [0.25, 0.3) is 11.1 Å². The van der Waals surface area contributed by atoms with Crippen molar-refractivity contribution < 1.29 is 36.6 Å². The fourth-order valence-corrected chi connectivity index (χ4v) is 5.70. The van der Waals surface area contributed by atoms with Crippen molar-refractivity contribution in [2.75, 3.05) is 26.1 Å². The minimum atomic E-state index is -4.10. The molecule has 198 valence electrons. The molecule has 1 atom stereocenters. The number of amides is 1. The SMILES string of the molecule is CCOC(=O)c1c(-c2ccc(OC)c(OC)c2)csc1NC(=O)C(CC)NS(=O)(=O)c1ccc(F)cc1. The van der Waals surface area contributed by atoms with Crippen molar-refractivity contribution in [3.05, 3.63) is 59.2 Å². The molecule has 0 aliphatic rings. The summed E-state index contributed by atoms with van der Waals surface area (Å²) in [5.74, 6) is -0.943. The van der Waals surface area contributed by atoms with Crippen LogP contribution in [0.4, 0.5) is 9.39 Å². The van der Waals surface area contributed by atoms with Crippen LogP contribution in [-0.2, 0) is 19.6 Å². The van der Waals surface area contributed by atoms with Crippen LogP contribution in [0, 0.1) is 5.82 Å². The monoisotopic (exact) mass is 550 g/mol. The molecule has 0 aliphatic carbocycles. The fourth-order valence-electron chi connectivity index (χ4n) is 3.46. The van der Waals surface area contributed by atoms with Crippen molar-refractivity contribution in [3.8, 4) is 22.6 Å². The van der Waals surface area contributed by atoms with Crippen LogP contribution in [0.3, 0.4) is 0 Å². The number of hydrogen-bond donors (Lipinski definition) is 2. The third kappa shape index (κ3) is 6.45. The van der Waals surface area contributed by atoms with Gasteiger partial charge in [-0.1, -0.05) is 13.0 Å². The van der Waals surface area contributed by atoms with Crippen molar-refractivity contribution in [2.45, 2.75) is 31.2 Å².